The van der Waals surface area contributed by atoms with Crippen LogP contribution in [-0.2, 0) is 23.1 Å². The Labute approximate surface area is 255 Å². The van der Waals surface area contributed by atoms with Crippen molar-refractivity contribution in [2.24, 2.45) is 0 Å². The fraction of sp³-hybridized carbons (Fsp3) is 0.432. The molecule has 6 heteroatoms. The maximum atomic E-state index is 13.7. The Morgan fingerprint density at radius 1 is 1.07 bits per heavy atom. The summed E-state index contributed by atoms with van der Waals surface area (Å²) >= 11 is 0. The maximum Gasteiger partial charge on any atom is 0.246 e. The largest absolute Gasteiger partial charge is 0.504 e. The van der Waals surface area contributed by atoms with E-state index >= 15 is 0 Å². The highest BCUT2D eigenvalue weighted by Crippen LogP contribution is 2.67. The van der Waals surface area contributed by atoms with Crippen LogP contribution < -0.4 is 4.74 Å². The lowest BCUT2D eigenvalue weighted by molar-refractivity contribution is -0.160. The Morgan fingerprint density at radius 2 is 1.88 bits per heavy atom. The Morgan fingerprint density at radius 3 is 2.65 bits per heavy atom. The molecule has 224 valence electrons. The van der Waals surface area contributed by atoms with E-state index in [1.165, 1.54) is 22.3 Å². The molecule has 2 unspecified atom stereocenters. The predicted molar refractivity (Wildman–Crippen MR) is 170 cm³/mol. The minimum atomic E-state index is -0.316. The number of phenols is 1. The third-order valence-corrected chi connectivity index (χ3v) is 11.2. The zero-order valence-corrected chi connectivity index (χ0v) is 25.8. The first-order valence-electron chi connectivity index (χ1n) is 15.8. The van der Waals surface area contributed by atoms with Gasteiger partial charge >= 0.3 is 0 Å². The first-order valence-corrected chi connectivity index (χ1v) is 15.8. The fourth-order valence-corrected chi connectivity index (χ4v) is 9.33. The zero-order valence-electron chi connectivity index (χ0n) is 25.8. The van der Waals surface area contributed by atoms with Crippen LogP contribution in [0.1, 0.15) is 47.1 Å². The average Bonchev–Trinajstić information content (AvgIpc) is 3.36. The molecule has 2 aliphatic heterocycles. The summed E-state index contributed by atoms with van der Waals surface area (Å²) in [6, 6.07) is 23.1. The van der Waals surface area contributed by atoms with Gasteiger partial charge in [0.15, 0.2) is 11.5 Å². The van der Waals surface area contributed by atoms with Gasteiger partial charge in [-0.1, -0.05) is 66.2 Å². The van der Waals surface area contributed by atoms with Crippen LogP contribution in [0.3, 0.4) is 0 Å². The van der Waals surface area contributed by atoms with Crippen molar-refractivity contribution >= 4 is 12.0 Å². The molecule has 7 rings (SSSR count). The molecule has 2 heterocycles. The predicted octanol–water partition coefficient (Wildman–Crippen LogP) is 5.21. The number of phenolic OH excluding ortho intramolecular Hbond substituents is 1. The molecule has 1 amide bonds. The third kappa shape index (κ3) is 4.17. The van der Waals surface area contributed by atoms with Gasteiger partial charge in [0.25, 0.3) is 0 Å². The highest BCUT2D eigenvalue weighted by Gasteiger charge is 2.74. The van der Waals surface area contributed by atoms with Crippen LogP contribution >= 0.6 is 0 Å². The van der Waals surface area contributed by atoms with Gasteiger partial charge in [0, 0.05) is 36.8 Å². The van der Waals surface area contributed by atoms with Crippen LogP contribution in [0.2, 0.25) is 0 Å². The van der Waals surface area contributed by atoms with E-state index in [4.69, 9.17) is 4.74 Å². The number of carbonyl (C=O) groups is 1. The zero-order chi connectivity index (χ0) is 29.9. The number of hydrogen-bond donors (Lipinski definition) is 1. The molecule has 0 aromatic heterocycles. The first-order chi connectivity index (χ1) is 20.8. The molecule has 1 spiro atoms. The minimum absolute atomic E-state index is 0.0167. The van der Waals surface area contributed by atoms with Crippen LogP contribution in [0, 0.1) is 6.92 Å². The van der Waals surface area contributed by atoms with Gasteiger partial charge in [0.2, 0.25) is 5.91 Å². The summed E-state index contributed by atoms with van der Waals surface area (Å²) in [7, 11) is 6.39. The molecule has 43 heavy (non-hydrogen) atoms. The van der Waals surface area contributed by atoms with Crippen molar-refractivity contribution in [2.75, 3.05) is 34.2 Å². The van der Waals surface area contributed by atoms with Gasteiger partial charge in [-0.2, -0.15) is 0 Å². The van der Waals surface area contributed by atoms with Crippen LogP contribution in [-0.4, -0.2) is 83.7 Å². The van der Waals surface area contributed by atoms with Crippen molar-refractivity contribution < 1.29 is 14.6 Å². The topological polar surface area (TPSA) is 56.2 Å². The molecular formula is C37H43N3O3. The molecule has 2 aliphatic carbocycles. The second-order valence-electron chi connectivity index (χ2n) is 13.3. The number of aryl methyl sites for hydroxylation is 1. The summed E-state index contributed by atoms with van der Waals surface area (Å²) in [5, 5.41) is 11.1. The summed E-state index contributed by atoms with van der Waals surface area (Å²) in [5.74, 6) is 0.845. The number of piperidine rings is 1. The number of aromatic hydroxyl groups is 1. The number of ether oxygens (including phenoxy) is 1. The lowest BCUT2D eigenvalue weighted by atomic mass is 9.46. The van der Waals surface area contributed by atoms with Crippen LogP contribution in [0.5, 0.6) is 11.5 Å². The molecule has 1 saturated carbocycles. The van der Waals surface area contributed by atoms with Crippen molar-refractivity contribution in [3.05, 3.63) is 101 Å². The van der Waals surface area contributed by atoms with Gasteiger partial charge in [0.1, 0.15) is 6.10 Å². The second kappa shape index (κ2) is 10.5. The van der Waals surface area contributed by atoms with Gasteiger partial charge < -0.3 is 19.6 Å². The normalized spacial score (nSPS) is 29.0. The van der Waals surface area contributed by atoms with Gasteiger partial charge in [-0.25, -0.2) is 0 Å². The SMILES string of the molecule is Cc1cccc(/C=C/C(=O)N(C)C2CC[C@@]3(N(C)C)[C@H]4Cc5ccc(O)c6c5[C@@]3(CCN4CCc3ccccc3)C2O6)c1. The molecule has 1 saturated heterocycles. The van der Waals surface area contributed by atoms with E-state index in [0.717, 1.165) is 50.8 Å². The standard InChI is InChI=1S/C37H43N3O3/c1-25-9-8-12-27(23-25)13-16-32(42)39(4)29-17-19-37(38(2)3)31-24-28-14-15-30(41)34-33(28)36(37,35(29)43-34)20-22-40(31)21-18-26-10-6-5-7-11-26/h5-16,23,29,31,35,41H,17-22,24H2,1-4H3/b16-13+/t29?,31-,35?,36+,37-/m1/s1. The van der Waals surface area contributed by atoms with E-state index in [0.29, 0.717) is 11.8 Å². The number of rotatable bonds is 7. The van der Waals surface area contributed by atoms with Gasteiger partial charge in [-0.05, 0) is 88.5 Å². The summed E-state index contributed by atoms with van der Waals surface area (Å²) in [6.07, 6.45) is 8.08. The van der Waals surface area contributed by atoms with Gasteiger partial charge in [-0.3, -0.25) is 9.69 Å². The Bertz CT molecular complexity index is 1570. The van der Waals surface area contributed by atoms with E-state index in [1.807, 2.05) is 36.2 Å². The minimum Gasteiger partial charge on any atom is -0.504 e. The van der Waals surface area contributed by atoms with Crippen molar-refractivity contribution in [2.45, 2.75) is 68.2 Å². The monoisotopic (exact) mass is 577 g/mol. The Hall–Kier alpha value is -3.61. The molecular weight excluding hydrogens is 534 g/mol. The molecule has 3 aromatic carbocycles. The Balaban J connectivity index is 1.26. The second-order valence-corrected chi connectivity index (χ2v) is 13.3. The van der Waals surface area contributed by atoms with Crippen LogP contribution in [0.4, 0.5) is 0 Å². The van der Waals surface area contributed by atoms with E-state index in [1.54, 1.807) is 6.08 Å². The van der Waals surface area contributed by atoms with E-state index < -0.39 is 0 Å². The molecule has 2 bridgehead atoms. The number of benzene rings is 3. The van der Waals surface area contributed by atoms with E-state index in [9.17, 15) is 9.90 Å². The summed E-state index contributed by atoms with van der Waals surface area (Å²) in [5.41, 5.74) is 5.56. The smallest absolute Gasteiger partial charge is 0.246 e. The molecule has 2 fully saturated rings. The van der Waals surface area contributed by atoms with Crippen molar-refractivity contribution in [1.29, 1.82) is 0 Å². The van der Waals surface area contributed by atoms with E-state index in [-0.39, 0.29) is 34.8 Å². The summed E-state index contributed by atoms with van der Waals surface area (Å²) < 4.78 is 6.90. The average molecular weight is 578 g/mol. The number of nitrogens with zero attached hydrogens (tertiary/aromatic N) is 3. The number of amides is 1. The van der Waals surface area contributed by atoms with E-state index in [2.05, 4.69) is 79.3 Å². The fourth-order valence-electron chi connectivity index (χ4n) is 9.33. The highest BCUT2D eigenvalue weighted by molar-refractivity contribution is 5.92. The molecule has 3 aromatic rings. The van der Waals surface area contributed by atoms with Crippen molar-refractivity contribution in [3.8, 4) is 11.5 Å². The Kier molecular flexibility index (Phi) is 6.90. The third-order valence-electron chi connectivity index (χ3n) is 11.2. The molecule has 4 aliphatic rings. The summed E-state index contributed by atoms with van der Waals surface area (Å²) in [4.78, 5) is 20.8. The molecule has 1 N–H and O–H groups in total. The van der Waals surface area contributed by atoms with Crippen LogP contribution in [0.15, 0.2) is 72.8 Å². The lowest BCUT2D eigenvalue weighted by Crippen LogP contribution is -2.82. The quantitative estimate of drug-likeness (QED) is 0.391. The van der Waals surface area contributed by atoms with Crippen molar-refractivity contribution in [1.82, 2.24) is 14.7 Å². The number of hydrogen-bond acceptors (Lipinski definition) is 5. The van der Waals surface area contributed by atoms with Gasteiger partial charge in [-0.15, -0.1) is 0 Å². The van der Waals surface area contributed by atoms with Crippen LogP contribution in [0.25, 0.3) is 6.08 Å². The number of likely N-dealkylation sites (tertiary alicyclic amines) is 1. The van der Waals surface area contributed by atoms with Crippen molar-refractivity contribution in [3.63, 3.8) is 0 Å². The lowest BCUT2D eigenvalue weighted by Gasteiger charge is -2.69. The maximum absolute atomic E-state index is 13.7. The molecule has 5 atom stereocenters. The molecule has 0 radical (unpaired) electrons. The van der Waals surface area contributed by atoms with Gasteiger partial charge in [0.05, 0.1) is 11.5 Å². The first kappa shape index (κ1) is 28.2. The number of likely N-dealkylation sites (N-methyl/N-ethyl adjacent to an activating group) is 2. The number of carbonyl (C=O) groups excluding carboxylic acids is 1. The summed E-state index contributed by atoms with van der Waals surface area (Å²) in [6.45, 7) is 4.05. The molecule has 6 nitrogen and oxygen atoms in total. The highest BCUT2D eigenvalue weighted by atomic mass is 16.5.